The fourth-order valence-electron chi connectivity index (χ4n) is 11.4. The van der Waals surface area contributed by atoms with Crippen molar-refractivity contribution in [3.05, 3.63) is 35.4 Å². The summed E-state index contributed by atoms with van der Waals surface area (Å²) in [6.07, 6.45) is -0.0595. The van der Waals surface area contributed by atoms with E-state index in [1.807, 2.05) is 13.8 Å². The SMILES string of the molecule is CC[C@H](C)[C@H](CCNC(=O)CN)C(=O)NCC(=O)N[C@@H]1C[S+]([O-])C2Nc3c(ccc(OC)c3CSCCCCNC(=O)CCOCCOCCOCCOCCOCCOCCOCCOCCN3C(=O)C=CC3=O)C2[C@H](CO)CNC(=O)[C@H]([C@@H](C)[C@@H](O)CO)NC(=O)C[C@@H](O)CNC(=O)[C@H](CC(N)=O)NC1=O. The number of benzene rings is 1. The number of nitrogens with two attached hydrogens (primary N) is 2. The summed E-state index contributed by atoms with van der Waals surface area (Å²) in [6, 6.07) is -1.74. The summed E-state index contributed by atoms with van der Waals surface area (Å²) in [6.45, 7) is 7.86. The van der Waals surface area contributed by atoms with E-state index >= 15 is 4.55 Å². The number of carbonyl (C=O) groups is 11. The lowest BCUT2D eigenvalue weighted by Gasteiger charge is -2.32. The van der Waals surface area contributed by atoms with E-state index in [0.717, 1.165) is 4.90 Å². The number of β-amino-alcohol motifs (C(OH)–C–C–N with tert-alkyl or cyclic N) is 1. The molecule has 612 valence electrons. The fourth-order valence-corrected chi connectivity index (χ4v) is 14.2. The van der Waals surface area contributed by atoms with E-state index in [0.29, 0.717) is 146 Å². The molecule has 1 aromatic carbocycles. The third-order valence-electron chi connectivity index (χ3n) is 17.7. The van der Waals surface area contributed by atoms with Crippen LogP contribution in [0.25, 0.3) is 0 Å². The normalized spacial score (nSPS) is 21.2. The molecule has 3 unspecified atom stereocenters. The topological polar surface area (TPSA) is 538 Å². The minimum Gasteiger partial charge on any atom is -0.615 e. The lowest BCUT2D eigenvalue weighted by atomic mass is 9.86. The molecule has 3 aliphatic heterocycles. The molecular formula is C69H114N12O25S2. The number of primary amides is 1. The van der Waals surface area contributed by atoms with Gasteiger partial charge in [-0.3, -0.25) is 57.6 Å². The molecule has 39 heteroatoms. The molecule has 11 amide bonds. The molecule has 17 N–H and O–H groups in total. The summed E-state index contributed by atoms with van der Waals surface area (Å²) < 4.78 is 65.2. The first-order valence-corrected chi connectivity index (χ1v) is 38.9. The van der Waals surface area contributed by atoms with Crippen LogP contribution >= 0.6 is 11.8 Å². The van der Waals surface area contributed by atoms with Gasteiger partial charge in [0.1, 0.15) is 23.6 Å². The smallest absolute Gasteiger partial charge is 0.253 e. The number of fused-ring (bicyclic) bond motifs is 3. The van der Waals surface area contributed by atoms with Crippen LogP contribution in [0.1, 0.15) is 82.8 Å². The number of anilines is 1. The third-order valence-corrected chi connectivity index (χ3v) is 20.4. The zero-order valence-corrected chi connectivity index (χ0v) is 63.8. The molecule has 4 rings (SSSR count). The van der Waals surface area contributed by atoms with Crippen molar-refractivity contribution < 1.29 is 120 Å². The maximum atomic E-state index is 15.4. The molecular weight excluding hydrogens is 1460 g/mol. The Bertz CT molecular complexity index is 2970. The van der Waals surface area contributed by atoms with Gasteiger partial charge in [0.2, 0.25) is 53.2 Å². The van der Waals surface area contributed by atoms with Crippen LogP contribution < -0.4 is 64.1 Å². The van der Waals surface area contributed by atoms with Crippen LogP contribution in [-0.4, -0.2) is 314 Å². The molecule has 3 heterocycles. The number of carbonyl (C=O) groups excluding carboxylic acids is 11. The molecule has 12 atom stereocenters. The second-order valence-corrected chi connectivity index (χ2v) is 28.3. The van der Waals surface area contributed by atoms with Crippen LogP contribution in [-0.2, 0) is 108 Å². The van der Waals surface area contributed by atoms with Gasteiger partial charge in [-0.2, -0.15) is 11.8 Å². The van der Waals surface area contributed by atoms with Crippen LogP contribution in [0.2, 0.25) is 0 Å². The van der Waals surface area contributed by atoms with Crippen molar-refractivity contribution in [3.8, 4) is 5.75 Å². The number of thioether (sulfide) groups is 1. The quantitative estimate of drug-likeness (QED) is 0.0165. The van der Waals surface area contributed by atoms with Crippen molar-refractivity contribution in [2.45, 2.75) is 113 Å². The number of hydrogen-bond donors (Lipinski definition) is 15. The predicted octanol–water partition coefficient (Wildman–Crippen LogP) is -4.98. The van der Waals surface area contributed by atoms with E-state index in [9.17, 15) is 73.2 Å². The Hall–Kier alpha value is -6.93. The second-order valence-electron chi connectivity index (χ2n) is 25.6. The summed E-state index contributed by atoms with van der Waals surface area (Å²) in [4.78, 5) is 145. The highest BCUT2D eigenvalue weighted by Crippen LogP contribution is 2.48. The van der Waals surface area contributed by atoms with Gasteiger partial charge in [0.25, 0.3) is 11.8 Å². The van der Waals surface area contributed by atoms with Crippen molar-refractivity contribution in [3.63, 3.8) is 0 Å². The number of imide groups is 1. The first kappa shape index (κ1) is 93.4. The van der Waals surface area contributed by atoms with Gasteiger partial charge in [-0.05, 0) is 53.7 Å². The number of nitrogens with zero attached hydrogens (tertiary/aromatic N) is 1. The van der Waals surface area contributed by atoms with E-state index in [4.69, 9.17) is 54.1 Å². The number of hydrogen-bond acceptors (Lipinski definition) is 28. The zero-order chi connectivity index (χ0) is 79.2. The number of nitrogens with one attached hydrogen (secondary N) is 9. The Morgan fingerprint density at radius 2 is 1.30 bits per heavy atom. The number of ether oxygens (including phenoxy) is 9. The van der Waals surface area contributed by atoms with Crippen molar-refractivity contribution in [2.75, 3.05) is 189 Å². The molecule has 37 nitrogen and oxygen atoms in total. The van der Waals surface area contributed by atoms with Crippen molar-refractivity contribution >= 4 is 93.6 Å². The summed E-state index contributed by atoms with van der Waals surface area (Å²) in [7, 11) is 1.46. The van der Waals surface area contributed by atoms with Gasteiger partial charge in [0, 0.05) is 86.1 Å². The standard InChI is InChI=1S/C69H114N12O25S2/c1-5-44(2)48(12-15-73-58(89)36-70)65(93)76-39-59(90)77-52-43-108(97)69-62(46(40-82)37-74-68(96)63(45(3)53(85)41-83)79-57(88)34-47(84)38-75-66(94)51(35-55(71)86)78-67(52)95)49-8-9-54(98-4)50(64(49)80-69)42-107-33-7-6-14-72-56(87)13-17-99-19-21-101-23-25-103-27-29-105-31-32-106-30-28-104-26-24-102-22-20-100-18-16-81-60(91)10-11-61(81)92/h8-11,44-48,51-53,62-63,69,80,82-85H,5-7,12-43,70H2,1-4H3,(H2,71,86)(H,72,87)(H,73,89)(H,74,96)(H,75,94)(H,76,93)(H,77,90)(H,78,95)(H,79,88)/t44-,45-,46-,47+,48-,51-,52+,53-,62?,63-,69?,108?/m0/s1. The predicted molar refractivity (Wildman–Crippen MR) is 393 cm³/mol. The number of methoxy groups -OCH3 is 1. The Morgan fingerprint density at radius 3 is 1.85 bits per heavy atom. The van der Waals surface area contributed by atoms with Gasteiger partial charge in [0.05, 0.1) is 170 Å². The van der Waals surface area contributed by atoms with Crippen LogP contribution in [0.3, 0.4) is 0 Å². The van der Waals surface area contributed by atoms with Crippen molar-refractivity contribution in [2.24, 2.45) is 35.1 Å². The summed E-state index contributed by atoms with van der Waals surface area (Å²) >= 11 is -0.779. The molecule has 1 fully saturated rings. The molecule has 0 saturated carbocycles. The van der Waals surface area contributed by atoms with E-state index in [1.54, 1.807) is 12.1 Å². The molecule has 0 aliphatic carbocycles. The molecule has 1 aromatic rings. The fraction of sp³-hybridized carbons (Fsp3) is 0.725. The lowest BCUT2D eigenvalue weighted by Crippen LogP contribution is -2.59. The van der Waals surface area contributed by atoms with Gasteiger partial charge in [-0.15, -0.1) is 0 Å². The average molecular weight is 1580 g/mol. The number of aliphatic hydroxyl groups excluding tert-OH is 4. The molecule has 0 aromatic heterocycles. The third kappa shape index (κ3) is 35.0. The van der Waals surface area contributed by atoms with Crippen molar-refractivity contribution in [1.29, 1.82) is 0 Å². The monoisotopic (exact) mass is 1570 g/mol. The van der Waals surface area contributed by atoms with Gasteiger partial charge in [0.15, 0.2) is 11.4 Å². The Labute approximate surface area is 636 Å². The van der Waals surface area contributed by atoms with Gasteiger partial charge in [-0.25, -0.2) is 0 Å². The van der Waals surface area contributed by atoms with Crippen molar-refractivity contribution in [1.82, 2.24) is 47.4 Å². The Kier molecular flexibility index (Phi) is 46.6. The minimum absolute atomic E-state index is 0.107. The Morgan fingerprint density at radius 1 is 0.722 bits per heavy atom. The maximum absolute atomic E-state index is 15.4. The summed E-state index contributed by atoms with van der Waals surface area (Å²) in [5.74, 6) is -11.3. The Balaban J connectivity index is 1.30. The number of unbranched alkanes of at least 4 members (excludes halogenated alkanes) is 1. The highest BCUT2D eigenvalue weighted by molar-refractivity contribution is 7.98. The molecule has 108 heavy (non-hydrogen) atoms. The van der Waals surface area contributed by atoms with Crippen LogP contribution in [0, 0.1) is 23.7 Å². The highest BCUT2D eigenvalue weighted by atomic mass is 32.2. The van der Waals surface area contributed by atoms with E-state index in [-0.39, 0.29) is 82.5 Å². The zero-order valence-electron chi connectivity index (χ0n) is 62.2. The van der Waals surface area contributed by atoms with Gasteiger partial charge < -0.3 is 127 Å². The van der Waals surface area contributed by atoms with Gasteiger partial charge >= 0.3 is 0 Å². The molecule has 1 saturated heterocycles. The van der Waals surface area contributed by atoms with Crippen LogP contribution in [0.4, 0.5) is 5.69 Å². The van der Waals surface area contributed by atoms with Crippen LogP contribution in [0.15, 0.2) is 24.3 Å². The number of rotatable bonds is 51. The molecule has 0 bridgehead atoms. The minimum atomic E-state index is -2.30. The average Bonchev–Trinajstić information content (AvgIpc) is 1.61. The van der Waals surface area contributed by atoms with E-state index in [1.165, 1.54) is 37.9 Å². The van der Waals surface area contributed by atoms with E-state index in [2.05, 4.69) is 47.9 Å². The summed E-state index contributed by atoms with van der Waals surface area (Å²) in [5.41, 5.74) is 12.5. The van der Waals surface area contributed by atoms with Gasteiger partial charge in [-0.1, -0.05) is 33.3 Å². The first-order valence-electron chi connectivity index (χ1n) is 36.4. The second kappa shape index (κ2) is 53.8. The lowest BCUT2D eigenvalue weighted by molar-refractivity contribution is -0.138. The number of amides is 11. The van der Waals surface area contributed by atoms with Crippen LogP contribution in [0.5, 0.6) is 5.75 Å². The number of aliphatic hydroxyl groups is 4. The first-order chi connectivity index (χ1) is 52.0. The maximum Gasteiger partial charge on any atom is 0.253 e. The largest absolute Gasteiger partial charge is 0.615 e. The molecule has 3 aliphatic rings. The molecule has 0 spiro atoms. The highest BCUT2D eigenvalue weighted by Gasteiger charge is 2.48. The molecule has 0 radical (unpaired) electrons. The summed E-state index contributed by atoms with van der Waals surface area (Å²) in [5, 5.41) is 65.4. The van der Waals surface area contributed by atoms with E-state index < -0.39 is 163 Å².